The van der Waals surface area contributed by atoms with Gasteiger partial charge in [-0.15, -0.1) is 0 Å². The molecule has 0 radical (unpaired) electrons. The fraction of sp³-hybridized carbons (Fsp3) is 0.632. The maximum Gasteiger partial charge on any atom is 0.339 e. The number of carbonyl (C=O) groups is 1. The predicted octanol–water partition coefficient (Wildman–Crippen LogP) is 5.82. The molecule has 0 atom stereocenters. The monoisotopic (exact) mass is 324 g/mol. The number of halogens is 1. The Hall–Kier alpha value is -1.58. The number of benzene rings is 1. The Morgan fingerprint density at radius 1 is 1.00 bits per heavy atom. The van der Waals surface area contributed by atoms with Crippen LogP contribution in [0.4, 0.5) is 4.39 Å². The molecule has 3 nitrogen and oxygen atoms in total. The van der Waals surface area contributed by atoms with E-state index in [4.69, 9.17) is 9.84 Å². The van der Waals surface area contributed by atoms with E-state index in [0.29, 0.717) is 6.61 Å². The number of para-hydroxylation sites is 1. The molecule has 0 saturated heterocycles. The van der Waals surface area contributed by atoms with Crippen molar-refractivity contribution in [1.82, 2.24) is 0 Å². The Balaban J connectivity index is 2.11. The lowest BCUT2D eigenvalue weighted by atomic mass is 10.1. The van der Waals surface area contributed by atoms with Crippen molar-refractivity contribution < 1.29 is 19.0 Å². The molecule has 4 heteroatoms. The van der Waals surface area contributed by atoms with Gasteiger partial charge in [0.15, 0.2) is 11.6 Å². The van der Waals surface area contributed by atoms with Gasteiger partial charge in [0.1, 0.15) is 5.56 Å². The molecule has 0 heterocycles. The average molecular weight is 324 g/mol. The number of hydrogen-bond acceptors (Lipinski definition) is 2. The molecule has 1 rings (SSSR count). The molecule has 23 heavy (non-hydrogen) atoms. The minimum Gasteiger partial charge on any atom is -0.490 e. The number of carboxylic acids is 1. The standard InChI is InChI=1S/C19H29FO3/c1-2-3-4-5-6-7-8-9-10-11-15-23-18-16(19(21)22)13-12-14-17(18)20/h12-14H,2-11,15H2,1H3,(H,21,22). The molecule has 0 fully saturated rings. The smallest absolute Gasteiger partial charge is 0.339 e. The van der Waals surface area contributed by atoms with Crippen LogP contribution in [-0.2, 0) is 0 Å². The van der Waals surface area contributed by atoms with E-state index in [9.17, 15) is 9.18 Å². The second-order valence-electron chi connectivity index (χ2n) is 5.95. The van der Waals surface area contributed by atoms with Crippen LogP contribution in [0.2, 0.25) is 0 Å². The molecule has 0 unspecified atom stereocenters. The van der Waals surface area contributed by atoms with E-state index < -0.39 is 11.8 Å². The number of aromatic carboxylic acids is 1. The van der Waals surface area contributed by atoms with Crippen LogP contribution in [-0.4, -0.2) is 17.7 Å². The third-order valence-corrected chi connectivity index (χ3v) is 3.94. The molecule has 0 aliphatic heterocycles. The highest BCUT2D eigenvalue weighted by molar-refractivity contribution is 5.90. The number of carboxylic acid groups (broad SMARTS) is 1. The zero-order valence-electron chi connectivity index (χ0n) is 14.2. The first-order chi connectivity index (χ1) is 11.2. The van der Waals surface area contributed by atoms with Crippen LogP contribution in [0.3, 0.4) is 0 Å². The maximum absolute atomic E-state index is 13.6. The zero-order chi connectivity index (χ0) is 16.9. The summed E-state index contributed by atoms with van der Waals surface area (Å²) in [4.78, 5) is 11.0. The second kappa shape index (κ2) is 11.9. The Morgan fingerprint density at radius 3 is 2.13 bits per heavy atom. The van der Waals surface area contributed by atoms with Gasteiger partial charge in [0.05, 0.1) is 6.61 Å². The highest BCUT2D eigenvalue weighted by atomic mass is 19.1. The van der Waals surface area contributed by atoms with Crippen LogP contribution in [0, 0.1) is 5.82 Å². The summed E-state index contributed by atoms with van der Waals surface area (Å²) in [5, 5.41) is 9.02. The molecular weight excluding hydrogens is 295 g/mol. The summed E-state index contributed by atoms with van der Waals surface area (Å²) in [6.07, 6.45) is 12.1. The van der Waals surface area contributed by atoms with Crippen molar-refractivity contribution in [2.24, 2.45) is 0 Å². The summed E-state index contributed by atoms with van der Waals surface area (Å²) in [6.45, 7) is 2.58. The lowest BCUT2D eigenvalue weighted by molar-refractivity contribution is 0.0691. The van der Waals surface area contributed by atoms with Gasteiger partial charge >= 0.3 is 5.97 Å². The van der Waals surface area contributed by atoms with Crippen LogP contribution in [0.5, 0.6) is 5.75 Å². The largest absolute Gasteiger partial charge is 0.490 e. The molecule has 0 aliphatic rings. The van der Waals surface area contributed by atoms with Crippen LogP contribution < -0.4 is 4.74 Å². The summed E-state index contributed by atoms with van der Waals surface area (Å²) in [5.74, 6) is -1.92. The van der Waals surface area contributed by atoms with E-state index in [2.05, 4.69) is 6.92 Å². The van der Waals surface area contributed by atoms with Gasteiger partial charge in [-0.05, 0) is 18.6 Å². The zero-order valence-corrected chi connectivity index (χ0v) is 14.2. The van der Waals surface area contributed by atoms with Gasteiger partial charge < -0.3 is 9.84 Å². The van der Waals surface area contributed by atoms with E-state index in [0.717, 1.165) is 19.3 Å². The quantitative estimate of drug-likeness (QED) is 0.465. The van der Waals surface area contributed by atoms with Crippen molar-refractivity contribution >= 4 is 5.97 Å². The van der Waals surface area contributed by atoms with Gasteiger partial charge in [0.2, 0.25) is 0 Å². The van der Waals surface area contributed by atoms with Crippen molar-refractivity contribution in [2.45, 2.75) is 71.1 Å². The van der Waals surface area contributed by atoms with Gasteiger partial charge in [0.25, 0.3) is 0 Å². The van der Waals surface area contributed by atoms with Crippen molar-refractivity contribution in [3.8, 4) is 5.75 Å². The highest BCUT2D eigenvalue weighted by Gasteiger charge is 2.15. The van der Waals surface area contributed by atoms with E-state index in [-0.39, 0.29) is 11.3 Å². The predicted molar refractivity (Wildman–Crippen MR) is 90.7 cm³/mol. The van der Waals surface area contributed by atoms with Crippen molar-refractivity contribution in [3.63, 3.8) is 0 Å². The average Bonchev–Trinajstić information content (AvgIpc) is 2.53. The molecule has 0 aliphatic carbocycles. The van der Waals surface area contributed by atoms with Crippen molar-refractivity contribution in [1.29, 1.82) is 0 Å². The second-order valence-corrected chi connectivity index (χ2v) is 5.95. The summed E-state index contributed by atoms with van der Waals surface area (Å²) >= 11 is 0. The fourth-order valence-electron chi connectivity index (χ4n) is 2.59. The Kier molecular flexibility index (Phi) is 10.1. The van der Waals surface area contributed by atoms with Crippen LogP contribution >= 0.6 is 0 Å². The van der Waals surface area contributed by atoms with E-state index in [1.807, 2.05) is 0 Å². The molecule has 0 bridgehead atoms. The minimum absolute atomic E-state index is 0.114. The molecule has 0 spiro atoms. The summed E-state index contributed by atoms with van der Waals surface area (Å²) in [7, 11) is 0. The first-order valence-corrected chi connectivity index (χ1v) is 8.81. The maximum atomic E-state index is 13.6. The van der Waals surface area contributed by atoms with Crippen LogP contribution in [0.1, 0.15) is 81.5 Å². The molecule has 130 valence electrons. The third kappa shape index (κ3) is 8.00. The van der Waals surface area contributed by atoms with Gasteiger partial charge in [-0.2, -0.15) is 0 Å². The summed E-state index contributed by atoms with van der Waals surface area (Å²) in [6, 6.07) is 3.96. The van der Waals surface area contributed by atoms with Gasteiger partial charge in [-0.3, -0.25) is 0 Å². The number of unbranched alkanes of at least 4 members (excludes halogenated alkanes) is 9. The fourth-order valence-corrected chi connectivity index (χ4v) is 2.59. The van der Waals surface area contributed by atoms with Gasteiger partial charge in [0, 0.05) is 0 Å². The summed E-state index contributed by atoms with van der Waals surface area (Å²) in [5.41, 5.74) is -0.114. The Bertz CT molecular complexity index is 460. The molecule has 1 aromatic carbocycles. The van der Waals surface area contributed by atoms with E-state index in [1.54, 1.807) is 0 Å². The normalized spacial score (nSPS) is 10.7. The molecular formula is C19H29FO3. The van der Waals surface area contributed by atoms with E-state index in [1.165, 1.54) is 63.1 Å². The molecule has 1 aromatic rings. The van der Waals surface area contributed by atoms with Crippen LogP contribution in [0.15, 0.2) is 18.2 Å². The molecule has 0 amide bonds. The number of ether oxygens (including phenoxy) is 1. The first kappa shape index (κ1) is 19.5. The summed E-state index contributed by atoms with van der Waals surface area (Å²) < 4.78 is 19.0. The van der Waals surface area contributed by atoms with Crippen molar-refractivity contribution in [2.75, 3.05) is 6.61 Å². The van der Waals surface area contributed by atoms with Gasteiger partial charge in [-0.1, -0.05) is 70.8 Å². The van der Waals surface area contributed by atoms with Gasteiger partial charge in [-0.25, -0.2) is 9.18 Å². The van der Waals surface area contributed by atoms with Crippen LogP contribution in [0.25, 0.3) is 0 Å². The van der Waals surface area contributed by atoms with E-state index >= 15 is 0 Å². The Labute approximate surface area is 138 Å². The Morgan fingerprint density at radius 2 is 1.57 bits per heavy atom. The minimum atomic E-state index is -1.16. The highest BCUT2D eigenvalue weighted by Crippen LogP contribution is 2.23. The SMILES string of the molecule is CCCCCCCCCCCCOc1c(F)cccc1C(=O)O. The number of rotatable bonds is 13. The molecule has 0 aromatic heterocycles. The third-order valence-electron chi connectivity index (χ3n) is 3.94. The molecule has 0 saturated carbocycles. The van der Waals surface area contributed by atoms with Crippen molar-refractivity contribution in [3.05, 3.63) is 29.6 Å². The topological polar surface area (TPSA) is 46.5 Å². The lowest BCUT2D eigenvalue weighted by Crippen LogP contribution is -2.06. The lowest BCUT2D eigenvalue weighted by Gasteiger charge is -2.10. The molecule has 1 N–H and O–H groups in total. The first-order valence-electron chi connectivity index (χ1n) is 8.81. The number of hydrogen-bond donors (Lipinski definition) is 1.